The molecule has 1 atom stereocenters. The van der Waals surface area contributed by atoms with Crippen LogP contribution in [0.4, 0.5) is 10.1 Å². The number of nitrogens with zero attached hydrogens (tertiary/aromatic N) is 2. The molecule has 2 heterocycles. The SMILES string of the molecule is Cc1cccc(N2CC(O)(c3ccc(F)cc3)[N+]3=C2CCCCC3)c1. The van der Waals surface area contributed by atoms with Gasteiger partial charge in [-0.2, -0.15) is 0 Å². The Morgan fingerprint density at radius 1 is 1.08 bits per heavy atom. The van der Waals surface area contributed by atoms with Crippen molar-refractivity contribution < 1.29 is 14.1 Å². The number of benzene rings is 2. The second-order valence-corrected chi connectivity index (χ2v) is 7.13. The average Bonchev–Trinajstić information content (AvgIpc) is 2.76. The molecule has 0 fully saturated rings. The Bertz CT molecular complexity index is 815. The summed E-state index contributed by atoms with van der Waals surface area (Å²) >= 11 is 0. The van der Waals surface area contributed by atoms with Gasteiger partial charge in [-0.05, 0) is 68.1 Å². The molecule has 0 amide bonds. The fourth-order valence-corrected chi connectivity index (χ4v) is 4.07. The normalized spacial score (nSPS) is 23.6. The Kier molecular flexibility index (Phi) is 4.08. The van der Waals surface area contributed by atoms with Crippen molar-refractivity contribution >= 4 is 11.5 Å². The van der Waals surface area contributed by atoms with Gasteiger partial charge in [0, 0.05) is 12.0 Å². The molecule has 4 rings (SSSR count). The van der Waals surface area contributed by atoms with E-state index in [2.05, 4.69) is 40.7 Å². The summed E-state index contributed by atoms with van der Waals surface area (Å²) < 4.78 is 15.5. The third-order valence-corrected chi connectivity index (χ3v) is 5.35. The van der Waals surface area contributed by atoms with Crippen LogP contribution in [0.15, 0.2) is 48.5 Å². The Labute approximate surface area is 148 Å². The number of rotatable bonds is 2. The topological polar surface area (TPSA) is 26.5 Å². The van der Waals surface area contributed by atoms with Gasteiger partial charge in [0.2, 0.25) is 0 Å². The lowest BCUT2D eigenvalue weighted by atomic mass is 10.0. The minimum absolute atomic E-state index is 0.277. The number of aryl methyl sites for hydroxylation is 1. The number of aliphatic hydroxyl groups is 1. The van der Waals surface area contributed by atoms with Crippen LogP contribution in [0.25, 0.3) is 0 Å². The number of anilines is 1. The van der Waals surface area contributed by atoms with Crippen LogP contribution in [0.1, 0.15) is 36.8 Å². The second-order valence-electron chi connectivity index (χ2n) is 7.13. The zero-order valence-corrected chi connectivity index (χ0v) is 14.6. The molecule has 1 N–H and O–H groups in total. The predicted molar refractivity (Wildman–Crippen MR) is 97.4 cm³/mol. The summed E-state index contributed by atoms with van der Waals surface area (Å²) in [6.45, 7) is 3.38. The monoisotopic (exact) mass is 339 g/mol. The molecule has 2 aromatic carbocycles. The molecule has 25 heavy (non-hydrogen) atoms. The highest BCUT2D eigenvalue weighted by Gasteiger charge is 2.51. The van der Waals surface area contributed by atoms with Crippen molar-refractivity contribution in [2.45, 2.75) is 38.3 Å². The van der Waals surface area contributed by atoms with Crippen LogP contribution >= 0.6 is 0 Å². The van der Waals surface area contributed by atoms with E-state index in [1.165, 1.54) is 30.0 Å². The number of halogens is 1. The molecule has 4 heteroatoms. The summed E-state index contributed by atoms with van der Waals surface area (Å²) in [5.41, 5.74) is 1.95. The van der Waals surface area contributed by atoms with E-state index in [0.29, 0.717) is 6.54 Å². The third-order valence-electron chi connectivity index (χ3n) is 5.35. The van der Waals surface area contributed by atoms with Gasteiger partial charge in [0.15, 0.2) is 6.54 Å². The lowest BCUT2D eigenvalue weighted by Gasteiger charge is -2.23. The van der Waals surface area contributed by atoms with E-state index in [4.69, 9.17) is 0 Å². The van der Waals surface area contributed by atoms with Gasteiger partial charge < -0.3 is 5.11 Å². The van der Waals surface area contributed by atoms with Gasteiger partial charge in [-0.25, -0.2) is 13.9 Å². The third kappa shape index (κ3) is 2.85. The summed E-state index contributed by atoms with van der Waals surface area (Å²) in [6.07, 6.45) is 4.32. The van der Waals surface area contributed by atoms with Crippen molar-refractivity contribution in [2.75, 3.05) is 18.0 Å². The van der Waals surface area contributed by atoms with Crippen molar-refractivity contribution in [1.29, 1.82) is 0 Å². The maximum atomic E-state index is 13.4. The lowest BCUT2D eigenvalue weighted by molar-refractivity contribution is -0.658. The molecule has 130 valence electrons. The molecular weight excluding hydrogens is 315 g/mol. The largest absolute Gasteiger partial charge is 0.346 e. The van der Waals surface area contributed by atoms with Crippen molar-refractivity contribution in [3.63, 3.8) is 0 Å². The molecule has 2 aliphatic heterocycles. The van der Waals surface area contributed by atoms with Crippen LogP contribution < -0.4 is 4.90 Å². The van der Waals surface area contributed by atoms with Gasteiger partial charge in [0.1, 0.15) is 11.5 Å². The van der Waals surface area contributed by atoms with Gasteiger partial charge in [-0.3, -0.25) is 0 Å². The Morgan fingerprint density at radius 2 is 1.88 bits per heavy atom. The van der Waals surface area contributed by atoms with Gasteiger partial charge in [-0.1, -0.05) is 12.1 Å². The summed E-state index contributed by atoms with van der Waals surface area (Å²) in [5, 5.41) is 11.6. The molecule has 2 aromatic rings. The standard InChI is InChI=1S/C21H24FN2O/c1-16-6-5-7-19(14-16)23-15-21(25,17-9-11-18(22)12-10-17)24-13-4-2-3-8-20(23)24/h5-7,9-12,14,25H,2-4,8,13,15H2,1H3/q+1. The van der Waals surface area contributed by atoms with E-state index in [9.17, 15) is 9.50 Å². The van der Waals surface area contributed by atoms with Crippen molar-refractivity contribution in [3.8, 4) is 0 Å². The molecule has 3 nitrogen and oxygen atoms in total. The van der Waals surface area contributed by atoms with E-state index in [1.54, 1.807) is 12.1 Å². The fraction of sp³-hybridized carbons (Fsp3) is 0.381. The number of amidine groups is 1. The van der Waals surface area contributed by atoms with E-state index >= 15 is 0 Å². The molecule has 0 bridgehead atoms. The minimum atomic E-state index is -1.11. The van der Waals surface area contributed by atoms with E-state index in [0.717, 1.165) is 37.1 Å². The zero-order chi connectivity index (χ0) is 17.4. The molecule has 0 saturated carbocycles. The molecule has 0 aromatic heterocycles. The number of hydrogen-bond acceptors (Lipinski definition) is 2. The maximum absolute atomic E-state index is 13.4. The van der Waals surface area contributed by atoms with Gasteiger partial charge in [0.25, 0.3) is 11.6 Å². The Morgan fingerprint density at radius 3 is 2.64 bits per heavy atom. The van der Waals surface area contributed by atoms with Gasteiger partial charge in [0.05, 0.1) is 6.54 Å². The van der Waals surface area contributed by atoms with Crippen LogP contribution in [0, 0.1) is 12.7 Å². The Balaban J connectivity index is 1.81. The van der Waals surface area contributed by atoms with E-state index in [1.807, 2.05) is 0 Å². The number of β-amino-alcohol motifs (C(OH)–C–C–N with tert-alkyl or cyclic N) is 1. The molecule has 0 radical (unpaired) electrons. The lowest BCUT2D eigenvalue weighted by Crippen LogP contribution is -2.41. The summed E-state index contributed by atoms with van der Waals surface area (Å²) in [7, 11) is 0. The molecule has 0 saturated heterocycles. The zero-order valence-electron chi connectivity index (χ0n) is 14.6. The first kappa shape index (κ1) is 16.3. The van der Waals surface area contributed by atoms with Crippen LogP contribution in [-0.4, -0.2) is 28.6 Å². The van der Waals surface area contributed by atoms with Crippen molar-refractivity contribution in [1.82, 2.24) is 0 Å². The highest BCUT2D eigenvalue weighted by molar-refractivity contribution is 5.96. The first-order valence-electron chi connectivity index (χ1n) is 9.04. The highest BCUT2D eigenvalue weighted by Crippen LogP contribution is 2.35. The molecular formula is C21H24FN2O+. The molecule has 0 spiro atoms. The van der Waals surface area contributed by atoms with E-state index in [-0.39, 0.29) is 5.82 Å². The smallest absolute Gasteiger partial charge is 0.271 e. The van der Waals surface area contributed by atoms with Gasteiger partial charge >= 0.3 is 0 Å². The van der Waals surface area contributed by atoms with E-state index < -0.39 is 5.72 Å². The molecule has 0 aliphatic carbocycles. The Hall–Kier alpha value is -2.20. The van der Waals surface area contributed by atoms with Crippen LogP contribution in [0.3, 0.4) is 0 Å². The number of hydrogen-bond donors (Lipinski definition) is 1. The first-order chi connectivity index (χ1) is 12.1. The van der Waals surface area contributed by atoms with Crippen molar-refractivity contribution in [2.24, 2.45) is 0 Å². The van der Waals surface area contributed by atoms with Crippen LogP contribution in [0.2, 0.25) is 0 Å². The summed E-state index contributed by atoms with van der Waals surface area (Å²) in [6, 6.07) is 14.7. The summed E-state index contributed by atoms with van der Waals surface area (Å²) in [5.74, 6) is 0.899. The predicted octanol–water partition coefficient (Wildman–Crippen LogP) is 3.78. The molecule has 2 aliphatic rings. The quantitative estimate of drug-likeness (QED) is 0.843. The summed E-state index contributed by atoms with van der Waals surface area (Å²) in [4.78, 5) is 2.24. The highest BCUT2D eigenvalue weighted by atomic mass is 19.1. The molecule has 1 unspecified atom stereocenters. The fourth-order valence-electron chi connectivity index (χ4n) is 4.07. The second kappa shape index (κ2) is 6.26. The van der Waals surface area contributed by atoms with Crippen LogP contribution in [0.5, 0.6) is 0 Å². The van der Waals surface area contributed by atoms with Crippen LogP contribution in [-0.2, 0) is 5.72 Å². The first-order valence-corrected chi connectivity index (χ1v) is 9.04. The average molecular weight is 339 g/mol. The van der Waals surface area contributed by atoms with Crippen molar-refractivity contribution in [3.05, 3.63) is 65.5 Å². The van der Waals surface area contributed by atoms with Gasteiger partial charge in [-0.15, -0.1) is 0 Å². The minimum Gasteiger partial charge on any atom is -0.346 e. The maximum Gasteiger partial charge on any atom is 0.271 e.